The molecular formula is C21H26N6O2. The molecule has 1 fully saturated rings. The molecule has 0 radical (unpaired) electrons. The molecule has 0 aliphatic carbocycles. The summed E-state index contributed by atoms with van der Waals surface area (Å²) in [5, 5.41) is 11.4. The van der Waals surface area contributed by atoms with E-state index in [-0.39, 0.29) is 17.6 Å². The Kier molecular flexibility index (Phi) is 5.71. The predicted octanol–water partition coefficient (Wildman–Crippen LogP) is 2.42. The van der Waals surface area contributed by atoms with Crippen LogP contribution in [0.2, 0.25) is 0 Å². The molecule has 0 bridgehead atoms. The Morgan fingerprint density at radius 1 is 1.34 bits per heavy atom. The minimum absolute atomic E-state index is 0.251. The molecule has 1 atom stereocenters. The second-order valence-corrected chi connectivity index (χ2v) is 7.61. The van der Waals surface area contributed by atoms with Crippen molar-refractivity contribution in [3.63, 3.8) is 0 Å². The number of nitrogens with zero attached hydrogens (tertiary/aromatic N) is 5. The van der Waals surface area contributed by atoms with Crippen molar-refractivity contribution in [3.8, 4) is 0 Å². The van der Waals surface area contributed by atoms with E-state index in [1.54, 1.807) is 18.5 Å². The minimum atomic E-state index is -0.251. The summed E-state index contributed by atoms with van der Waals surface area (Å²) in [4.78, 5) is 18.8. The number of carbonyl (C=O) groups excluding carboxylic acids is 1. The van der Waals surface area contributed by atoms with Gasteiger partial charge in [-0.2, -0.15) is 5.10 Å². The molecule has 1 saturated heterocycles. The molecule has 4 rings (SSSR count). The van der Waals surface area contributed by atoms with Crippen molar-refractivity contribution in [2.45, 2.75) is 38.8 Å². The van der Waals surface area contributed by atoms with E-state index in [1.165, 1.54) is 11.3 Å². The highest BCUT2D eigenvalue weighted by molar-refractivity contribution is 5.91. The fourth-order valence-electron chi connectivity index (χ4n) is 3.74. The standard InChI is InChI=1S/C21H26N6O2/c1-15-18(12-24-26(15)2)14-27-9-3-4-17(13-27)19-10-20(29-25-19)21(28)23-11-16-5-7-22-8-6-16/h5-8,10,12,17H,3-4,9,11,13-14H2,1-2H3,(H,23,28)/t17-/m1/s1. The summed E-state index contributed by atoms with van der Waals surface area (Å²) in [7, 11) is 1.97. The van der Waals surface area contributed by atoms with Crippen LogP contribution in [0.1, 0.15) is 51.8 Å². The molecule has 8 nitrogen and oxygen atoms in total. The van der Waals surface area contributed by atoms with Crippen molar-refractivity contribution in [3.05, 3.63) is 65.1 Å². The Labute approximate surface area is 169 Å². The predicted molar refractivity (Wildman–Crippen MR) is 107 cm³/mol. The zero-order valence-corrected chi connectivity index (χ0v) is 16.8. The van der Waals surface area contributed by atoms with Crippen molar-refractivity contribution in [1.82, 2.24) is 30.1 Å². The monoisotopic (exact) mass is 394 g/mol. The first-order valence-corrected chi connectivity index (χ1v) is 9.93. The molecule has 8 heteroatoms. The molecule has 1 aliphatic heterocycles. The first kappa shape index (κ1) is 19.3. The SMILES string of the molecule is Cc1c(CN2CCC[C@@H](c3cc(C(=O)NCc4ccncc4)on3)C2)cnn1C. The van der Waals surface area contributed by atoms with Gasteiger partial charge < -0.3 is 9.84 Å². The van der Waals surface area contributed by atoms with E-state index in [2.05, 4.69) is 32.4 Å². The fourth-order valence-corrected chi connectivity index (χ4v) is 3.74. The smallest absolute Gasteiger partial charge is 0.290 e. The van der Waals surface area contributed by atoms with Crippen LogP contribution in [0.15, 0.2) is 41.3 Å². The van der Waals surface area contributed by atoms with Gasteiger partial charge in [-0.3, -0.25) is 19.4 Å². The summed E-state index contributed by atoms with van der Waals surface area (Å²) >= 11 is 0. The molecule has 152 valence electrons. The lowest BCUT2D eigenvalue weighted by molar-refractivity contribution is 0.0913. The number of aromatic nitrogens is 4. The molecule has 0 spiro atoms. The quantitative estimate of drug-likeness (QED) is 0.691. The topological polar surface area (TPSA) is 89.1 Å². The van der Waals surface area contributed by atoms with Crippen molar-refractivity contribution in [2.75, 3.05) is 13.1 Å². The van der Waals surface area contributed by atoms with E-state index in [4.69, 9.17) is 4.52 Å². The fraction of sp³-hybridized carbons (Fsp3) is 0.429. The molecular weight excluding hydrogens is 368 g/mol. The molecule has 29 heavy (non-hydrogen) atoms. The van der Waals surface area contributed by atoms with Gasteiger partial charge in [-0.05, 0) is 44.0 Å². The van der Waals surface area contributed by atoms with Gasteiger partial charge >= 0.3 is 0 Å². The molecule has 0 saturated carbocycles. The maximum atomic E-state index is 12.4. The molecule has 3 aromatic rings. The van der Waals surface area contributed by atoms with Crippen molar-refractivity contribution in [1.29, 1.82) is 0 Å². The maximum Gasteiger partial charge on any atom is 0.290 e. The number of hydrogen-bond donors (Lipinski definition) is 1. The third-order valence-electron chi connectivity index (χ3n) is 5.61. The number of carbonyl (C=O) groups is 1. The van der Waals surface area contributed by atoms with Gasteiger partial charge in [0.05, 0.1) is 11.9 Å². The summed E-state index contributed by atoms with van der Waals surface area (Å²) in [5.74, 6) is 0.278. The molecule has 0 unspecified atom stereocenters. The first-order chi connectivity index (χ1) is 14.1. The van der Waals surface area contributed by atoms with E-state index >= 15 is 0 Å². The summed E-state index contributed by atoms with van der Waals surface area (Å²) in [6.45, 7) is 5.37. The number of nitrogens with one attached hydrogen (secondary N) is 1. The average molecular weight is 394 g/mol. The number of piperidine rings is 1. The van der Waals surface area contributed by atoms with Crippen molar-refractivity contribution >= 4 is 5.91 Å². The van der Waals surface area contributed by atoms with E-state index in [9.17, 15) is 4.79 Å². The lowest BCUT2D eigenvalue weighted by Gasteiger charge is -2.31. The highest BCUT2D eigenvalue weighted by Gasteiger charge is 2.26. The maximum absolute atomic E-state index is 12.4. The van der Waals surface area contributed by atoms with Gasteiger partial charge in [0.1, 0.15) is 0 Å². The molecule has 3 aromatic heterocycles. The van der Waals surface area contributed by atoms with Gasteiger partial charge in [0.15, 0.2) is 0 Å². The highest BCUT2D eigenvalue weighted by atomic mass is 16.5. The summed E-state index contributed by atoms with van der Waals surface area (Å²) in [6.07, 6.45) is 7.50. The second kappa shape index (κ2) is 8.57. The van der Waals surface area contributed by atoms with Crippen LogP contribution in [0, 0.1) is 6.92 Å². The number of amides is 1. The van der Waals surface area contributed by atoms with Crippen LogP contribution < -0.4 is 5.32 Å². The summed E-state index contributed by atoms with van der Waals surface area (Å²) < 4.78 is 7.25. The summed E-state index contributed by atoms with van der Waals surface area (Å²) in [6, 6.07) is 5.52. The van der Waals surface area contributed by atoms with Gasteiger partial charge in [-0.1, -0.05) is 5.16 Å². The number of rotatable bonds is 6. The van der Waals surface area contributed by atoms with Crippen LogP contribution in [-0.2, 0) is 20.1 Å². The zero-order valence-electron chi connectivity index (χ0n) is 16.8. The molecule has 1 N–H and O–H groups in total. The minimum Gasteiger partial charge on any atom is -0.351 e. The van der Waals surface area contributed by atoms with Crippen LogP contribution in [0.4, 0.5) is 0 Å². The number of pyridine rings is 1. The van der Waals surface area contributed by atoms with Crippen LogP contribution in [0.25, 0.3) is 0 Å². The van der Waals surface area contributed by atoms with Gasteiger partial charge in [0.2, 0.25) is 5.76 Å². The second-order valence-electron chi connectivity index (χ2n) is 7.61. The van der Waals surface area contributed by atoms with Crippen LogP contribution in [0.3, 0.4) is 0 Å². The van der Waals surface area contributed by atoms with E-state index in [1.807, 2.05) is 30.1 Å². The molecule has 0 aromatic carbocycles. The Morgan fingerprint density at radius 3 is 2.93 bits per heavy atom. The zero-order chi connectivity index (χ0) is 20.2. The summed E-state index contributed by atoms with van der Waals surface area (Å²) in [5.41, 5.74) is 4.29. The lowest BCUT2D eigenvalue weighted by Crippen LogP contribution is -2.34. The number of hydrogen-bond acceptors (Lipinski definition) is 6. The third kappa shape index (κ3) is 4.54. The van der Waals surface area contributed by atoms with Gasteiger partial charge in [0.25, 0.3) is 5.91 Å². The van der Waals surface area contributed by atoms with Crippen LogP contribution in [0.5, 0.6) is 0 Å². The van der Waals surface area contributed by atoms with Crippen molar-refractivity contribution < 1.29 is 9.32 Å². The Hall–Kier alpha value is -3.00. The number of likely N-dealkylation sites (tertiary alicyclic amines) is 1. The Balaban J connectivity index is 1.35. The van der Waals surface area contributed by atoms with Gasteiger partial charge in [-0.25, -0.2) is 0 Å². The lowest BCUT2D eigenvalue weighted by atomic mass is 9.94. The van der Waals surface area contributed by atoms with Gasteiger partial charge in [0, 0.05) is 62.3 Å². The van der Waals surface area contributed by atoms with E-state index < -0.39 is 0 Å². The Bertz CT molecular complexity index is 965. The molecule has 4 heterocycles. The highest BCUT2D eigenvalue weighted by Crippen LogP contribution is 2.28. The van der Waals surface area contributed by atoms with Crippen LogP contribution in [-0.4, -0.2) is 43.8 Å². The van der Waals surface area contributed by atoms with Crippen LogP contribution >= 0.6 is 0 Å². The van der Waals surface area contributed by atoms with E-state index in [0.717, 1.165) is 43.7 Å². The normalized spacial score (nSPS) is 17.4. The largest absolute Gasteiger partial charge is 0.351 e. The Morgan fingerprint density at radius 2 is 2.17 bits per heavy atom. The number of aryl methyl sites for hydroxylation is 1. The molecule has 1 amide bonds. The van der Waals surface area contributed by atoms with Gasteiger partial charge in [-0.15, -0.1) is 0 Å². The van der Waals surface area contributed by atoms with E-state index in [0.29, 0.717) is 6.54 Å². The first-order valence-electron chi connectivity index (χ1n) is 9.93. The van der Waals surface area contributed by atoms with Crippen molar-refractivity contribution in [2.24, 2.45) is 7.05 Å². The third-order valence-corrected chi connectivity index (χ3v) is 5.61. The average Bonchev–Trinajstić information content (AvgIpc) is 3.36. The molecule has 1 aliphatic rings.